The Kier molecular flexibility index (Phi) is 57.1. The zero-order valence-corrected chi connectivity index (χ0v) is 103. The van der Waals surface area contributed by atoms with Gasteiger partial charge in [-0.05, 0) is 313 Å². The molecule has 12 heteroatoms. The van der Waals surface area contributed by atoms with E-state index in [0.29, 0.717) is 94.5 Å². The zero-order chi connectivity index (χ0) is 102. The Morgan fingerprint density at radius 2 is 0.690 bits per heavy atom. The summed E-state index contributed by atoms with van der Waals surface area (Å²) in [5.74, 6) is 16.6. The van der Waals surface area contributed by atoms with E-state index in [1.165, 1.54) is 228 Å². The van der Waals surface area contributed by atoms with Gasteiger partial charge in [0.15, 0.2) is 0 Å². The predicted molar refractivity (Wildman–Crippen MR) is 620 cm³/mol. The van der Waals surface area contributed by atoms with Gasteiger partial charge in [-0.1, -0.05) is 401 Å². The molecule has 0 bridgehead atoms. The molecule has 12 fully saturated rings. The van der Waals surface area contributed by atoms with Crippen LogP contribution in [0.2, 0.25) is 0 Å². The van der Waals surface area contributed by atoms with Crippen LogP contribution in [0.1, 0.15) is 404 Å². The number of hydrogen-bond donors (Lipinski definition) is 4. The second kappa shape index (κ2) is 62.8. The van der Waals surface area contributed by atoms with Crippen molar-refractivity contribution in [2.75, 3.05) is 6.16 Å². The van der Waals surface area contributed by atoms with Gasteiger partial charge in [0.25, 0.3) is 0 Å². The van der Waals surface area contributed by atoms with Crippen LogP contribution in [0.25, 0.3) is 0 Å². The Balaban J connectivity index is 0.000000308. The Bertz CT molecular complexity index is 4310. The van der Waals surface area contributed by atoms with Gasteiger partial charge in [0.1, 0.15) is 12.9 Å². The molecule has 0 aliphatic heterocycles. The SMILES string of the molecule is C=C1[C@H](C)CC(=C/C=C2\CCC[C@]3(C)[C@@H]([C@@H](C)CCCC(C)C)CC[C@@H]23)C[C@H]1C.C=C1[C@H](C)CC(=CCP(=O)(c2ccccc2)c2ccccc2)C[C@H]1C.C=C1[C@H](O)CC(=C/C=C2\CCC[C@]3(C)[C@@H]([C@@H](C)CCCC(C)C)CC[C@@H]23)C[C@H]1O.CC(C)CCC[C@H](C)[C@H]1CC[C@H]2C(=O)CCC[C@]12C.C[C-]1[C@H](O)CC(=C/C=C2\CCC[C@]3(C)[C@@H]([C@@H](C)CCCC(C)C)CC[C@@H]23)C[C@H]1O.II.[HH].[Li+].[V].[Y].[c-]1ccccc1. The third kappa shape index (κ3) is 36.1. The number of Topliss-reactive ketones (excluding diaryl/α,β-unsaturated/α-hetero) is 1. The van der Waals surface area contributed by atoms with E-state index >= 15 is 0 Å². The van der Waals surface area contributed by atoms with Crippen molar-refractivity contribution in [1.29, 1.82) is 0 Å². The van der Waals surface area contributed by atoms with Crippen LogP contribution in [0.4, 0.5) is 0 Å². The minimum absolute atomic E-state index is 0. The van der Waals surface area contributed by atoms with Crippen LogP contribution in [-0.4, -0.2) is 56.8 Å². The number of carbonyl (C=O) groups is 1. The first-order chi connectivity index (χ1) is 66.1. The monoisotopic (exact) mass is 2290 g/mol. The molecule has 142 heavy (non-hydrogen) atoms. The molecular weight excluding hydrogens is 2090 g/mol. The summed E-state index contributed by atoms with van der Waals surface area (Å²) in [5.41, 5.74) is 15.7. The molecule has 3 aromatic carbocycles. The Hall–Kier alpha value is -1.45. The minimum atomic E-state index is -2.64. The molecule has 12 aliphatic carbocycles. The summed E-state index contributed by atoms with van der Waals surface area (Å²) in [6, 6.07) is 32.4. The van der Waals surface area contributed by atoms with E-state index in [4.69, 9.17) is 0 Å². The number of carbonyl (C=O) groups excluding carboxylic acids is 1. The van der Waals surface area contributed by atoms with Crippen molar-refractivity contribution in [1.82, 2.24) is 0 Å². The van der Waals surface area contributed by atoms with Crippen molar-refractivity contribution in [3.8, 4) is 0 Å². The number of allylic oxidation sites excluding steroid dienone is 14. The topological polar surface area (TPSA) is 115 Å². The number of fused-ring (bicyclic) bond motifs is 4. The van der Waals surface area contributed by atoms with Gasteiger partial charge in [-0.3, -0.25) is 10.7 Å². The molecule has 2 radical (unpaired) electrons. The fourth-order valence-electron chi connectivity index (χ4n) is 29.7. The Morgan fingerprint density at radius 3 is 0.993 bits per heavy atom. The van der Waals surface area contributed by atoms with Gasteiger partial charge < -0.3 is 25.0 Å². The molecular formula is C130H203I2LiO6PVY-. The van der Waals surface area contributed by atoms with E-state index in [0.717, 1.165) is 137 Å². The standard InChI is InChI=1S/C29H48.C27H45O2.C27H44O2.C23H27OP.C18H32O.C6H5.I2.Li.V.Y.H2/c1-20(2)10-8-11-21(3)27-15-16-28-26(12-9-17-29(27,28)7)14-13-25-18-22(4)24(6)23(5)19-25;2*1-18(2)8-6-9-19(3)23-13-14-24-22(10-7-15-27(23,24)5)12-11-21-16-25(28)20(4)26(29)17-21;1-18-16-21(17-19(2)20(18)3)14-15-25(24,22-10-6-4-7-11-22)23-12-8-5-9-13-23;1-13(2)7-5-8-14(3)15-10-11-16-17(19)9-6-12-18(15,16)4;1-2-4-6-5-3-1;1-2;;;;/h13-14,20-23,27-28H,6,8-12,15-19H2,1-5,7H3;11-12,18-19,23-26,28-29H,6-10,13-17H2,1-5H3;11-12,18-19,23-26,28-29H,4,6-10,13-17H2,1-3,5H3;4-14,18-19H,3,15-17H2,1-2H3;13-16H,5-12H2,1-4H3;1-5H;;;;;1H/q;-1;;;;-1;;+1;;;/b26-14+;2*22-12+;;;;;;;;/t21-,22+,23+,27+,28-,29+;2*19-,23+,24-,25+,26+,27+;18-,19-;14-,15+,16-,18+;;;;;;/m00010....../s1. The summed E-state index contributed by atoms with van der Waals surface area (Å²) < 4.78 is 14.0. The number of benzene rings is 3. The van der Waals surface area contributed by atoms with Crippen LogP contribution in [-0.2, 0) is 60.6 Å². The molecule has 0 heterocycles. The van der Waals surface area contributed by atoms with E-state index in [2.05, 4.69) is 244 Å². The summed E-state index contributed by atoms with van der Waals surface area (Å²) in [5, 5.41) is 42.5. The molecule has 0 saturated heterocycles. The van der Waals surface area contributed by atoms with Gasteiger partial charge in [0.05, 0.1) is 12.2 Å². The van der Waals surface area contributed by atoms with E-state index in [1.807, 2.05) is 97.9 Å². The van der Waals surface area contributed by atoms with Crippen molar-refractivity contribution < 1.29 is 101 Å². The molecule has 0 aromatic heterocycles. The average molecular weight is 2290 g/mol. The quantitative estimate of drug-likeness (QED) is 0.0199. The summed E-state index contributed by atoms with van der Waals surface area (Å²) >= 11 is 4.24. The fraction of sp³-hybridized carbons (Fsp3) is 0.692. The number of aliphatic hydroxyl groups is 4. The second-order valence-electron chi connectivity index (χ2n) is 50.1. The van der Waals surface area contributed by atoms with E-state index in [-0.39, 0.29) is 71.6 Å². The van der Waals surface area contributed by atoms with Gasteiger partial charge in [0, 0.05) is 119 Å². The summed E-state index contributed by atoms with van der Waals surface area (Å²) in [6.45, 7) is 62.5. The first kappa shape index (κ1) is 129. The maximum atomic E-state index is 14.0. The number of aliphatic hydroxyl groups excluding tert-OH is 4. The molecule has 788 valence electrons. The molecule has 15 rings (SSSR count). The average Bonchev–Trinajstić information content (AvgIpc) is 1.62. The summed E-state index contributed by atoms with van der Waals surface area (Å²) in [7, 11) is -2.64. The molecule has 6 nitrogen and oxygen atoms in total. The van der Waals surface area contributed by atoms with Crippen LogP contribution in [0, 0.1) is 152 Å². The van der Waals surface area contributed by atoms with Crippen LogP contribution in [0.15, 0.2) is 209 Å². The summed E-state index contributed by atoms with van der Waals surface area (Å²) in [6.07, 6.45) is 64.9. The zero-order valence-electron chi connectivity index (χ0n) is 94.0. The van der Waals surface area contributed by atoms with Crippen molar-refractivity contribution in [2.45, 2.75) is 427 Å². The van der Waals surface area contributed by atoms with Gasteiger partial charge in [-0.25, -0.2) is 0 Å². The van der Waals surface area contributed by atoms with E-state index in [1.54, 1.807) is 22.3 Å². The van der Waals surface area contributed by atoms with Gasteiger partial charge in [0.2, 0.25) is 0 Å². The van der Waals surface area contributed by atoms with Gasteiger partial charge >= 0.3 is 18.9 Å². The molecule has 12 aliphatic rings. The van der Waals surface area contributed by atoms with Gasteiger partial charge in [-0.15, -0.1) is 0 Å². The second-order valence-corrected chi connectivity index (χ2v) is 52.9. The van der Waals surface area contributed by atoms with Crippen molar-refractivity contribution >= 4 is 60.8 Å². The molecule has 0 unspecified atom stereocenters. The van der Waals surface area contributed by atoms with Crippen molar-refractivity contribution in [2.24, 2.45) is 140 Å². The Labute approximate surface area is 946 Å². The van der Waals surface area contributed by atoms with Crippen LogP contribution in [0.3, 0.4) is 0 Å². The van der Waals surface area contributed by atoms with Crippen molar-refractivity contribution in [3.05, 3.63) is 221 Å². The number of rotatable bonds is 27. The Morgan fingerprint density at radius 1 is 0.408 bits per heavy atom. The number of halogens is 2. The van der Waals surface area contributed by atoms with Crippen molar-refractivity contribution in [3.63, 3.8) is 0 Å². The summed E-state index contributed by atoms with van der Waals surface area (Å²) in [4.78, 5) is 12.2. The third-order valence-electron chi connectivity index (χ3n) is 38.3. The van der Waals surface area contributed by atoms with Crippen LogP contribution in [0.5, 0.6) is 0 Å². The maximum absolute atomic E-state index is 14.0. The largest absolute Gasteiger partial charge is 1.00 e. The molecule has 0 spiro atoms. The number of ketones is 1. The molecule has 0 amide bonds. The van der Waals surface area contributed by atoms with E-state index in [9.17, 15) is 29.8 Å². The van der Waals surface area contributed by atoms with E-state index < -0.39 is 31.6 Å². The minimum Gasteiger partial charge on any atom is -0.424 e. The molecule has 3 aromatic rings. The maximum Gasteiger partial charge on any atom is 1.00 e. The molecule has 12 saturated carbocycles. The first-order valence-corrected chi connectivity index (χ1v) is 65.0. The molecule has 4 N–H and O–H groups in total. The normalized spacial score (nSPS) is 32.3. The smallest absolute Gasteiger partial charge is 0.424 e. The fourth-order valence-corrected chi connectivity index (χ4v) is 32.3. The first-order valence-electron chi connectivity index (χ1n) is 56.8. The van der Waals surface area contributed by atoms with Crippen LogP contribution < -0.4 is 29.5 Å². The molecule has 24 atom stereocenters. The number of hydrogen-bond acceptors (Lipinski definition) is 6. The predicted octanol–water partition coefficient (Wildman–Crippen LogP) is 33.6. The third-order valence-corrected chi connectivity index (χ3v) is 41.2. The van der Waals surface area contributed by atoms with Gasteiger partial charge in [-0.2, -0.15) is 43.3 Å². The van der Waals surface area contributed by atoms with Crippen LogP contribution >= 0.6 is 44.4 Å².